The third kappa shape index (κ3) is 7.76. The molecule has 0 saturated heterocycles. The highest BCUT2D eigenvalue weighted by Gasteiger charge is 2.21. The Bertz CT molecular complexity index is 1180. The van der Waals surface area contributed by atoms with Crippen molar-refractivity contribution in [2.45, 2.75) is 25.8 Å². The van der Waals surface area contributed by atoms with Gasteiger partial charge in [0.1, 0.15) is 17.5 Å². The van der Waals surface area contributed by atoms with Crippen LogP contribution in [0, 0.1) is 0 Å². The van der Waals surface area contributed by atoms with Crippen molar-refractivity contribution < 1.29 is 29.0 Å². The summed E-state index contributed by atoms with van der Waals surface area (Å²) in [7, 11) is 1.52. The van der Waals surface area contributed by atoms with Gasteiger partial charge in [0.2, 0.25) is 0 Å². The molecule has 3 aromatic rings. The molecular formula is C27H29N3O6. The molecule has 0 aliphatic rings. The van der Waals surface area contributed by atoms with E-state index in [1.54, 1.807) is 42.5 Å². The lowest BCUT2D eigenvalue weighted by atomic mass is 10.0. The normalized spacial score (nSPS) is 11.2. The van der Waals surface area contributed by atoms with Gasteiger partial charge in [-0.05, 0) is 59.5 Å². The molecule has 0 heterocycles. The van der Waals surface area contributed by atoms with Crippen molar-refractivity contribution in [1.82, 2.24) is 10.6 Å². The van der Waals surface area contributed by atoms with Crippen molar-refractivity contribution in [2.75, 3.05) is 19.0 Å². The van der Waals surface area contributed by atoms with Gasteiger partial charge >= 0.3 is 18.1 Å². The van der Waals surface area contributed by atoms with Crippen LogP contribution < -0.4 is 25.4 Å². The second-order valence-electron chi connectivity index (χ2n) is 7.96. The molecule has 0 fully saturated rings. The van der Waals surface area contributed by atoms with Gasteiger partial charge in [0.15, 0.2) is 0 Å². The van der Waals surface area contributed by atoms with E-state index in [0.717, 1.165) is 23.1 Å². The van der Waals surface area contributed by atoms with E-state index < -0.39 is 18.1 Å². The molecule has 36 heavy (non-hydrogen) atoms. The second kappa shape index (κ2) is 12.8. The molecule has 4 N–H and O–H groups in total. The number of hydrogen-bond acceptors (Lipinski definition) is 5. The average Bonchev–Trinajstić information content (AvgIpc) is 2.88. The maximum Gasteiger partial charge on any atom is 0.413 e. The number of carboxylic acids is 1. The number of carbonyl (C=O) groups is 3. The third-order valence-corrected chi connectivity index (χ3v) is 5.24. The molecule has 0 aliphatic carbocycles. The minimum atomic E-state index is -1.18. The van der Waals surface area contributed by atoms with Crippen molar-refractivity contribution >= 4 is 23.8 Å². The van der Waals surface area contributed by atoms with Gasteiger partial charge in [0.25, 0.3) is 0 Å². The third-order valence-electron chi connectivity index (χ3n) is 5.24. The summed E-state index contributed by atoms with van der Waals surface area (Å²) in [6, 6.07) is 19.7. The highest BCUT2D eigenvalue weighted by Crippen LogP contribution is 2.23. The summed E-state index contributed by atoms with van der Waals surface area (Å²) < 4.78 is 10.2. The van der Waals surface area contributed by atoms with Crippen LogP contribution in [0.5, 0.6) is 11.5 Å². The summed E-state index contributed by atoms with van der Waals surface area (Å²) in [5.41, 5.74) is 3.18. The predicted octanol–water partition coefficient (Wildman–Crippen LogP) is 4.68. The first kappa shape index (κ1) is 26.1. The molecule has 0 aromatic heterocycles. The molecule has 9 nitrogen and oxygen atoms in total. The maximum absolute atomic E-state index is 12.2. The lowest BCUT2D eigenvalue weighted by Crippen LogP contribution is -2.43. The number of benzene rings is 3. The van der Waals surface area contributed by atoms with E-state index >= 15 is 0 Å². The molecule has 3 rings (SSSR count). The van der Waals surface area contributed by atoms with E-state index in [4.69, 9.17) is 9.47 Å². The molecule has 0 radical (unpaired) electrons. The highest BCUT2D eigenvalue weighted by atomic mass is 16.6. The first-order valence-corrected chi connectivity index (χ1v) is 11.5. The van der Waals surface area contributed by atoms with Gasteiger partial charge in [-0.3, -0.25) is 0 Å². The van der Waals surface area contributed by atoms with Crippen LogP contribution >= 0.6 is 0 Å². The quantitative estimate of drug-likeness (QED) is 0.326. The zero-order valence-corrected chi connectivity index (χ0v) is 20.1. The smallest absolute Gasteiger partial charge is 0.413 e. The van der Waals surface area contributed by atoms with Crippen molar-refractivity contribution in [3.63, 3.8) is 0 Å². The fraction of sp³-hybridized carbons (Fsp3) is 0.222. The van der Waals surface area contributed by atoms with Gasteiger partial charge < -0.3 is 30.5 Å². The Kier molecular flexibility index (Phi) is 9.27. The zero-order valence-electron chi connectivity index (χ0n) is 20.1. The molecule has 0 aliphatic heterocycles. The summed E-state index contributed by atoms with van der Waals surface area (Å²) in [6.45, 7) is 2.58. The van der Waals surface area contributed by atoms with Crippen LogP contribution in [-0.2, 0) is 11.2 Å². The van der Waals surface area contributed by atoms with E-state index in [-0.39, 0.29) is 18.2 Å². The largest absolute Gasteiger partial charge is 0.497 e. The number of amides is 3. The van der Waals surface area contributed by atoms with Gasteiger partial charge in [-0.25, -0.2) is 14.4 Å². The summed E-state index contributed by atoms with van der Waals surface area (Å²) >= 11 is 0. The molecule has 9 heteroatoms. The van der Waals surface area contributed by atoms with E-state index in [1.807, 2.05) is 37.3 Å². The molecule has 3 aromatic carbocycles. The fourth-order valence-electron chi connectivity index (χ4n) is 3.38. The summed E-state index contributed by atoms with van der Waals surface area (Å²) in [4.78, 5) is 35.9. The minimum absolute atomic E-state index is 0.0759. The summed E-state index contributed by atoms with van der Waals surface area (Å²) in [5, 5.41) is 17.5. The predicted molar refractivity (Wildman–Crippen MR) is 136 cm³/mol. The van der Waals surface area contributed by atoms with Crippen molar-refractivity contribution in [3.05, 3.63) is 78.4 Å². The molecule has 0 bridgehead atoms. The van der Waals surface area contributed by atoms with Gasteiger partial charge in [0, 0.05) is 18.7 Å². The van der Waals surface area contributed by atoms with Gasteiger partial charge in [-0.1, -0.05) is 43.3 Å². The average molecular weight is 492 g/mol. The fourth-order valence-corrected chi connectivity index (χ4v) is 3.38. The van der Waals surface area contributed by atoms with Crippen LogP contribution in [0.2, 0.25) is 0 Å². The van der Waals surface area contributed by atoms with E-state index in [9.17, 15) is 19.5 Å². The Morgan fingerprint density at radius 3 is 2.25 bits per heavy atom. The lowest BCUT2D eigenvalue weighted by molar-refractivity contribution is -0.139. The maximum atomic E-state index is 12.2. The molecular weight excluding hydrogens is 462 g/mol. The highest BCUT2D eigenvalue weighted by molar-refractivity contribution is 5.90. The topological polar surface area (TPSA) is 126 Å². The Balaban J connectivity index is 1.61. The molecule has 3 amide bonds. The minimum Gasteiger partial charge on any atom is -0.497 e. The second-order valence-corrected chi connectivity index (χ2v) is 7.96. The Morgan fingerprint density at radius 2 is 1.61 bits per heavy atom. The zero-order chi connectivity index (χ0) is 25.9. The van der Waals surface area contributed by atoms with Crippen molar-refractivity contribution in [1.29, 1.82) is 0 Å². The molecule has 0 saturated carbocycles. The Morgan fingerprint density at radius 1 is 0.917 bits per heavy atom. The first-order valence-electron chi connectivity index (χ1n) is 11.5. The number of ether oxygens (including phenoxy) is 2. The number of aliphatic carboxylic acids is 1. The number of nitrogens with one attached hydrogen (secondary N) is 3. The SMILES string of the molecule is CCCNC(=O)Nc1cccc(-c2ccc(C[C@H](NC(=O)Oc3ccc(OC)cc3)C(=O)O)cc2)c1. The van der Waals surface area contributed by atoms with Crippen LogP contribution in [0.15, 0.2) is 72.8 Å². The van der Waals surface area contributed by atoms with Crippen molar-refractivity contribution in [3.8, 4) is 22.6 Å². The van der Waals surface area contributed by atoms with Gasteiger partial charge in [-0.2, -0.15) is 0 Å². The number of carbonyl (C=O) groups excluding carboxylic acids is 2. The summed E-state index contributed by atoms with van der Waals surface area (Å²) in [5.74, 6) is -0.303. The lowest BCUT2D eigenvalue weighted by Gasteiger charge is -2.15. The Hall–Kier alpha value is -4.53. The first-order chi connectivity index (χ1) is 17.4. The monoisotopic (exact) mass is 491 g/mol. The molecule has 1 atom stereocenters. The van der Waals surface area contributed by atoms with Crippen LogP contribution in [0.1, 0.15) is 18.9 Å². The van der Waals surface area contributed by atoms with Gasteiger partial charge in [-0.15, -0.1) is 0 Å². The number of hydrogen-bond donors (Lipinski definition) is 4. The van der Waals surface area contributed by atoms with Gasteiger partial charge in [0.05, 0.1) is 7.11 Å². The number of rotatable bonds is 10. The standard InChI is InChI=1S/C27H29N3O6/c1-3-15-28-26(33)29-21-6-4-5-20(17-21)19-9-7-18(8-10-19)16-24(25(31)32)30-27(34)36-23-13-11-22(35-2)12-14-23/h4-14,17,24H,3,15-16H2,1-2H3,(H,30,34)(H,31,32)(H2,28,29,33)/t24-/m0/s1. The van der Waals surface area contributed by atoms with Crippen LogP contribution in [0.3, 0.4) is 0 Å². The number of carboxylic acid groups (broad SMARTS) is 1. The van der Waals surface area contributed by atoms with E-state index in [2.05, 4.69) is 16.0 Å². The van der Waals surface area contributed by atoms with E-state index in [0.29, 0.717) is 18.0 Å². The summed E-state index contributed by atoms with van der Waals surface area (Å²) in [6.07, 6.45) is 0.0607. The number of methoxy groups -OCH3 is 1. The molecule has 188 valence electrons. The number of urea groups is 1. The Labute approximate surface area is 209 Å². The molecule has 0 spiro atoms. The van der Waals surface area contributed by atoms with Crippen molar-refractivity contribution in [2.24, 2.45) is 0 Å². The van der Waals surface area contributed by atoms with Crippen LogP contribution in [0.4, 0.5) is 15.3 Å². The van der Waals surface area contributed by atoms with E-state index in [1.165, 1.54) is 7.11 Å². The van der Waals surface area contributed by atoms with Crippen LogP contribution in [-0.4, -0.2) is 42.9 Å². The number of anilines is 1. The van der Waals surface area contributed by atoms with Crippen LogP contribution in [0.25, 0.3) is 11.1 Å². The molecule has 0 unspecified atom stereocenters.